The number of nitrogens with two attached hydrogens (primary N) is 1. The Labute approximate surface area is 240 Å². The Morgan fingerprint density at radius 1 is 0.976 bits per heavy atom. The average Bonchev–Trinajstić information content (AvgIpc) is 2.91. The first-order valence-electron chi connectivity index (χ1n) is 13.1. The number of benzene rings is 3. The largest absolute Gasteiger partial charge is 0.478 e. The molecule has 4 aromatic rings. The van der Waals surface area contributed by atoms with Gasteiger partial charge in [-0.2, -0.15) is 4.98 Å². The number of carboxylic acid groups (broad SMARTS) is 1. The molecule has 3 aromatic carbocycles. The van der Waals surface area contributed by atoms with Gasteiger partial charge in [-0.25, -0.2) is 22.9 Å². The summed E-state index contributed by atoms with van der Waals surface area (Å²) in [6.45, 7) is 10.4. The number of hydrogen-bond acceptors (Lipinski definition) is 7. The van der Waals surface area contributed by atoms with Gasteiger partial charge in [0.25, 0.3) is 10.0 Å². The molecular weight excluding hydrogens is 540 g/mol. The Kier molecular flexibility index (Phi) is 8.46. The highest BCUT2D eigenvalue weighted by Gasteiger charge is 2.22. The molecule has 1 unspecified atom stereocenters. The summed E-state index contributed by atoms with van der Waals surface area (Å²) >= 11 is 0. The van der Waals surface area contributed by atoms with Crippen LogP contribution in [0.2, 0.25) is 0 Å². The fraction of sp³-hybridized carbons (Fsp3) is 0.258. The topological polar surface area (TPSA) is 144 Å². The minimum Gasteiger partial charge on any atom is -0.478 e. The van der Waals surface area contributed by atoms with Crippen molar-refractivity contribution in [2.75, 3.05) is 11.3 Å². The highest BCUT2D eigenvalue weighted by atomic mass is 32.2. The molecule has 0 fully saturated rings. The van der Waals surface area contributed by atoms with Gasteiger partial charge in [-0.05, 0) is 59.7 Å². The number of ether oxygens (including phenoxy) is 1. The highest BCUT2D eigenvalue weighted by molar-refractivity contribution is 7.92. The molecule has 0 bridgehead atoms. The molecule has 9 nitrogen and oxygen atoms in total. The minimum absolute atomic E-state index is 0.0133. The third kappa shape index (κ3) is 6.90. The number of anilines is 1. The van der Waals surface area contributed by atoms with E-state index in [9.17, 15) is 18.3 Å². The second-order valence-electron chi connectivity index (χ2n) is 10.8. The van der Waals surface area contributed by atoms with Crippen molar-refractivity contribution < 1.29 is 23.1 Å². The molecule has 0 amide bonds. The van der Waals surface area contributed by atoms with Crippen molar-refractivity contribution in [3.63, 3.8) is 0 Å². The summed E-state index contributed by atoms with van der Waals surface area (Å²) in [4.78, 5) is 20.0. The van der Waals surface area contributed by atoms with Gasteiger partial charge in [0.15, 0.2) is 0 Å². The number of rotatable bonds is 9. The molecule has 214 valence electrons. The lowest BCUT2D eigenvalue weighted by molar-refractivity contribution is 0.0696. The van der Waals surface area contributed by atoms with Crippen LogP contribution >= 0.6 is 0 Å². The first-order valence-corrected chi connectivity index (χ1v) is 14.6. The number of aromatic carboxylic acids is 1. The van der Waals surface area contributed by atoms with Gasteiger partial charge >= 0.3 is 5.97 Å². The maximum Gasteiger partial charge on any atom is 0.335 e. The van der Waals surface area contributed by atoms with Crippen LogP contribution < -0.4 is 15.2 Å². The third-order valence-corrected chi connectivity index (χ3v) is 8.01. The summed E-state index contributed by atoms with van der Waals surface area (Å²) in [5, 5.41) is 9.30. The number of aryl methyl sites for hydroxylation is 2. The molecule has 0 spiro atoms. The molecule has 0 aliphatic heterocycles. The molecule has 4 rings (SSSR count). The minimum atomic E-state index is -4.23. The standard InChI is InChI=1S/C31H34N4O5S/c1-19-8-6-9-20(2)28(19)25-17-27(40-26(18-32)21-12-14-23(15-13-21)31(3,4)5)34-30(33-25)35-41(38,39)24-11-7-10-22(16-24)29(36)37/h6-17,26H,18,32H2,1-5H3,(H,36,37)(H,33,34,35). The van der Waals surface area contributed by atoms with E-state index in [2.05, 4.69) is 35.5 Å². The van der Waals surface area contributed by atoms with Crippen molar-refractivity contribution in [1.29, 1.82) is 0 Å². The van der Waals surface area contributed by atoms with Crippen molar-refractivity contribution in [2.45, 2.75) is 51.0 Å². The molecule has 0 radical (unpaired) electrons. The van der Waals surface area contributed by atoms with E-state index in [0.29, 0.717) is 5.69 Å². The number of nitrogens with one attached hydrogen (secondary N) is 1. The van der Waals surface area contributed by atoms with Crippen LogP contribution in [-0.2, 0) is 15.4 Å². The molecule has 41 heavy (non-hydrogen) atoms. The first-order chi connectivity index (χ1) is 19.3. The Hall–Kier alpha value is -4.28. The summed E-state index contributed by atoms with van der Waals surface area (Å²) in [5.41, 5.74) is 11.1. The lowest BCUT2D eigenvalue weighted by Gasteiger charge is -2.22. The summed E-state index contributed by atoms with van der Waals surface area (Å²) in [6.07, 6.45) is -0.554. The molecule has 10 heteroatoms. The van der Waals surface area contributed by atoms with Crippen LogP contribution in [0.25, 0.3) is 11.3 Å². The Balaban J connectivity index is 1.76. The lowest BCUT2D eigenvalue weighted by atomic mass is 9.86. The molecule has 1 aromatic heterocycles. The zero-order valence-corrected chi connectivity index (χ0v) is 24.5. The molecular formula is C31H34N4O5S. The molecule has 4 N–H and O–H groups in total. The van der Waals surface area contributed by atoms with E-state index in [0.717, 1.165) is 28.3 Å². The average molecular weight is 575 g/mol. The molecule has 0 saturated heterocycles. The SMILES string of the molecule is Cc1cccc(C)c1-c1cc(OC(CN)c2ccc(C(C)(C)C)cc2)nc(NS(=O)(=O)c2cccc(C(=O)O)c2)n1. The van der Waals surface area contributed by atoms with Gasteiger partial charge in [0.2, 0.25) is 11.8 Å². The molecule has 0 aliphatic rings. The first kappa shape index (κ1) is 29.7. The van der Waals surface area contributed by atoms with E-state index in [1.165, 1.54) is 23.8 Å². The van der Waals surface area contributed by atoms with Crippen LogP contribution in [0.15, 0.2) is 77.7 Å². The van der Waals surface area contributed by atoms with Crippen LogP contribution in [-0.4, -0.2) is 36.0 Å². The maximum absolute atomic E-state index is 13.2. The summed E-state index contributed by atoms with van der Waals surface area (Å²) < 4.78 is 35.1. The zero-order valence-electron chi connectivity index (χ0n) is 23.7. The van der Waals surface area contributed by atoms with Gasteiger partial charge in [0.05, 0.1) is 16.2 Å². The molecule has 0 saturated carbocycles. The van der Waals surface area contributed by atoms with Crippen molar-refractivity contribution in [2.24, 2.45) is 5.73 Å². The number of hydrogen-bond donors (Lipinski definition) is 3. The van der Waals surface area contributed by atoms with E-state index in [1.54, 1.807) is 6.07 Å². The van der Waals surface area contributed by atoms with Crippen molar-refractivity contribution in [3.05, 3.63) is 101 Å². The number of nitrogens with zero attached hydrogens (tertiary/aromatic N) is 2. The summed E-state index contributed by atoms with van der Waals surface area (Å²) in [7, 11) is -4.23. The van der Waals surface area contributed by atoms with Gasteiger partial charge in [0, 0.05) is 18.2 Å². The van der Waals surface area contributed by atoms with Crippen LogP contribution in [0.4, 0.5) is 5.95 Å². The van der Waals surface area contributed by atoms with Gasteiger partial charge in [0.1, 0.15) is 6.10 Å². The Bertz CT molecular complexity index is 1660. The maximum atomic E-state index is 13.2. The quantitative estimate of drug-likeness (QED) is 0.233. The van der Waals surface area contributed by atoms with E-state index in [1.807, 2.05) is 56.3 Å². The Morgan fingerprint density at radius 3 is 2.20 bits per heavy atom. The van der Waals surface area contributed by atoms with Crippen LogP contribution in [0.3, 0.4) is 0 Å². The monoisotopic (exact) mass is 574 g/mol. The summed E-state index contributed by atoms with van der Waals surface area (Å²) in [5.74, 6) is -1.33. The molecule has 0 aliphatic carbocycles. The van der Waals surface area contributed by atoms with E-state index < -0.39 is 22.1 Å². The van der Waals surface area contributed by atoms with Gasteiger partial charge in [-0.15, -0.1) is 0 Å². The smallest absolute Gasteiger partial charge is 0.335 e. The van der Waals surface area contributed by atoms with Gasteiger partial charge < -0.3 is 15.6 Å². The van der Waals surface area contributed by atoms with E-state index >= 15 is 0 Å². The van der Waals surface area contributed by atoms with Crippen molar-refractivity contribution in [3.8, 4) is 17.1 Å². The second kappa shape index (κ2) is 11.7. The van der Waals surface area contributed by atoms with Crippen LogP contribution in [0.1, 0.15) is 59.5 Å². The number of carboxylic acids is 1. The second-order valence-corrected chi connectivity index (χ2v) is 12.5. The predicted molar refractivity (Wildman–Crippen MR) is 159 cm³/mol. The number of carbonyl (C=O) groups is 1. The fourth-order valence-corrected chi connectivity index (χ4v) is 5.44. The van der Waals surface area contributed by atoms with Crippen molar-refractivity contribution >= 4 is 21.9 Å². The molecule has 1 heterocycles. The van der Waals surface area contributed by atoms with Crippen LogP contribution in [0.5, 0.6) is 5.88 Å². The predicted octanol–water partition coefficient (Wildman–Crippen LogP) is 5.64. The highest BCUT2D eigenvalue weighted by Crippen LogP contribution is 2.31. The lowest BCUT2D eigenvalue weighted by Crippen LogP contribution is -2.20. The van der Waals surface area contributed by atoms with Gasteiger partial charge in [-0.3, -0.25) is 0 Å². The van der Waals surface area contributed by atoms with E-state index in [-0.39, 0.29) is 34.2 Å². The van der Waals surface area contributed by atoms with Crippen molar-refractivity contribution in [1.82, 2.24) is 9.97 Å². The van der Waals surface area contributed by atoms with Crippen LogP contribution in [0, 0.1) is 13.8 Å². The number of sulfonamides is 1. The number of aromatic nitrogens is 2. The normalized spacial score (nSPS) is 12.5. The Morgan fingerprint density at radius 2 is 1.61 bits per heavy atom. The summed E-state index contributed by atoms with van der Waals surface area (Å²) in [6, 6.07) is 20.5. The fourth-order valence-electron chi connectivity index (χ4n) is 4.45. The van der Waals surface area contributed by atoms with E-state index in [4.69, 9.17) is 10.5 Å². The third-order valence-electron chi connectivity index (χ3n) is 6.68. The van der Waals surface area contributed by atoms with Gasteiger partial charge in [-0.1, -0.05) is 69.3 Å². The molecule has 1 atom stereocenters. The zero-order chi connectivity index (χ0) is 29.9.